The van der Waals surface area contributed by atoms with Gasteiger partial charge in [-0.2, -0.15) is 18.2 Å². The van der Waals surface area contributed by atoms with Crippen LogP contribution in [0, 0.1) is 19.7 Å². The number of aryl methyl sites for hydroxylation is 2. The highest BCUT2D eigenvalue weighted by atomic mass is 19.4. The molecule has 1 aromatic carbocycles. The Balaban J connectivity index is 1.85. The maximum Gasteiger partial charge on any atom is 0.453 e. The molecule has 0 N–H and O–H groups in total. The van der Waals surface area contributed by atoms with Crippen LogP contribution in [0.25, 0.3) is 5.78 Å². The number of carbonyl (C=O) groups is 1. The van der Waals surface area contributed by atoms with Crippen molar-refractivity contribution in [1.29, 1.82) is 0 Å². The van der Waals surface area contributed by atoms with Gasteiger partial charge < -0.3 is 4.90 Å². The van der Waals surface area contributed by atoms with Crippen LogP contribution < -0.4 is 0 Å². The van der Waals surface area contributed by atoms with Gasteiger partial charge in [-0.15, -0.1) is 5.10 Å². The second-order valence-electron chi connectivity index (χ2n) is 6.46. The fourth-order valence-electron chi connectivity index (χ4n) is 2.87. The normalized spacial score (nSPS) is 11.8. The molecule has 0 bridgehead atoms. The fourth-order valence-corrected chi connectivity index (χ4v) is 2.87. The Kier molecular flexibility index (Phi) is 5.05. The lowest BCUT2D eigenvalue weighted by Crippen LogP contribution is -2.28. The number of nitrogens with zero attached hydrogens (tertiary/aromatic N) is 5. The molecular formula is C18H17F4N5O. The predicted octanol–water partition coefficient (Wildman–Crippen LogP) is 3.10. The van der Waals surface area contributed by atoms with Crippen molar-refractivity contribution in [2.24, 2.45) is 0 Å². The highest BCUT2D eigenvalue weighted by Gasteiger charge is 2.37. The highest BCUT2D eigenvalue weighted by Crippen LogP contribution is 2.27. The molecule has 0 radical (unpaired) electrons. The van der Waals surface area contributed by atoms with Crippen molar-refractivity contribution in [3.63, 3.8) is 0 Å². The van der Waals surface area contributed by atoms with Crippen molar-refractivity contribution < 1.29 is 22.4 Å². The first-order chi connectivity index (χ1) is 13.1. The average molecular weight is 395 g/mol. The van der Waals surface area contributed by atoms with Crippen molar-refractivity contribution in [3.8, 4) is 0 Å². The highest BCUT2D eigenvalue weighted by molar-refractivity contribution is 5.79. The number of hydrogen-bond acceptors (Lipinski definition) is 4. The Bertz CT molecular complexity index is 1040. The number of rotatable bonds is 4. The number of amides is 1. The molecule has 0 aliphatic rings. The maximum absolute atomic E-state index is 13.3. The number of carbonyl (C=O) groups excluding carboxylic acids is 1. The molecule has 0 spiro atoms. The summed E-state index contributed by atoms with van der Waals surface area (Å²) in [5, 5.41) is 3.47. The van der Waals surface area contributed by atoms with Crippen molar-refractivity contribution in [2.75, 3.05) is 7.05 Å². The molecule has 28 heavy (non-hydrogen) atoms. The summed E-state index contributed by atoms with van der Waals surface area (Å²) in [6.07, 6.45) is -4.76. The molecule has 3 aromatic rings. The van der Waals surface area contributed by atoms with E-state index in [0.717, 1.165) is 4.52 Å². The molecular weight excluding hydrogens is 378 g/mol. The largest absolute Gasteiger partial charge is 0.453 e. The summed E-state index contributed by atoms with van der Waals surface area (Å²) in [5.74, 6) is -2.14. The quantitative estimate of drug-likeness (QED) is 0.637. The number of benzene rings is 1. The van der Waals surface area contributed by atoms with Gasteiger partial charge in [-0.3, -0.25) is 4.79 Å². The van der Waals surface area contributed by atoms with Gasteiger partial charge in [0.2, 0.25) is 5.91 Å². The Morgan fingerprint density at radius 1 is 1.21 bits per heavy atom. The minimum Gasteiger partial charge on any atom is -0.341 e. The third-order valence-corrected chi connectivity index (χ3v) is 4.37. The van der Waals surface area contributed by atoms with Crippen LogP contribution in [0.1, 0.15) is 28.3 Å². The summed E-state index contributed by atoms with van der Waals surface area (Å²) in [6, 6.07) is 5.90. The van der Waals surface area contributed by atoms with E-state index in [-0.39, 0.29) is 24.7 Å². The molecule has 10 heteroatoms. The number of alkyl halides is 3. The average Bonchev–Trinajstić information content (AvgIpc) is 3.03. The molecule has 6 nitrogen and oxygen atoms in total. The van der Waals surface area contributed by atoms with E-state index in [1.807, 2.05) is 0 Å². The molecule has 0 atom stereocenters. The molecule has 148 valence electrons. The molecule has 0 unspecified atom stereocenters. The van der Waals surface area contributed by atoms with Crippen molar-refractivity contribution in [1.82, 2.24) is 24.5 Å². The van der Waals surface area contributed by atoms with Gasteiger partial charge in [0.15, 0.2) is 0 Å². The van der Waals surface area contributed by atoms with Gasteiger partial charge in [0.05, 0.1) is 6.42 Å². The Labute approximate surface area is 157 Å². The Morgan fingerprint density at radius 2 is 1.93 bits per heavy atom. The smallest absolute Gasteiger partial charge is 0.341 e. The van der Waals surface area contributed by atoms with E-state index in [1.165, 1.54) is 17.0 Å². The summed E-state index contributed by atoms with van der Waals surface area (Å²) in [6.45, 7) is 3.36. The second-order valence-corrected chi connectivity index (χ2v) is 6.46. The van der Waals surface area contributed by atoms with Crippen LogP contribution in [0.15, 0.2) is 24.3 Å². The molecule has 0 aliphatic heterocycles. The molecule has 0 fully saturated rings. The minimum absolute atomic E-state index is 0.0758. The third kappa shape index (κ3) is 3.95. The molecule has 1 amide bonds. The number of hydrogen-bond donors (Lipinski definition) is 0. The van der Waals surface area contributed by atoms with Gasteiger partial charge in [-0.05, 0) is 31.5 Å². The maximum atomic E-state index is 13.3. The number of aromatic nitrogens is 4. The summed E-state index contributed by atoms with van der Waals surface area (Å²) >= 11 is 0. The SMILES string of the molecule is Cc1nc2nc(C(F)(F)F)nn2c(C)c1CC(=O)N(C)Cc1cccc(F)c1. The lowest BCUT2D eigenvalue weighted by Gasteiger charge is -2.19. The molecule has 2 aromatic heterocycles. The van der Waals surface area contributed by atoms with E-state index >= 15 is 0 Å². The van der Waals surface area contributed by atoms with Crippen LogP contribution in [0.2, 0.25) is 0 Å². The van der Waals surface area contributed by atoms with E-state index in [4.69, 9.17) is 0 Å². The lowest BCUT2D eigenvalue weighted by atomic mass is 10.1. The molecule has 0 saturated carbocycles. The monoisotopic (exact) mass is 395 g/mol. The zero-order valence-electron chi connectivity index (χ0n) is 15.4. The zero-order chi connectivity index (χ0) is 20.6. The van der Waals surface area contributed by atoms with Crippen LogP contribution >= 0.6 is 0 Å². The summed E-state index contributed by atoms with van der Waals surface area (Å²) in [7, 11) is 1.57. The van der Waals surface area contributed by atoms with Crippen molar-refractivity contribution in [3.05, 3.63) is 58.4 Å². The lowest BCUT2D eigenvalue weighted by molar-refractivity contribution is -0.144. The summed E-state index contributed by atoms with van der Waals surface area (Å²) < 4.78 is 52.9. The van der Waals surface area contributed by atoms with Gasteiger partial charge in [-0.1, -0.05) is 12.1 Å². The number of likely N-dealkylation sites (N-methyl/N-ethyl adjacent to an activating group) is 1. The number of fused-ring (bicyclic) bond motifs is 1. The zero-order valence-corrected chi connectivity index (χ0v) is 15.4. The number of halogens is 4. The van der Waals surface area contributed by atoms with E-state index in [2.05, 4.69) is 15.1 Å². The van der Waals surface area contributed by atoms with E-state index in [1.54, 1.807) is 33.0 Å². The van der Waals surface area contributed by atoms with Gasteiger partial charge in [0.1, 0.15) is 5.82 Å². The van der Waals surface area contributed by atoms with Crippen LogP contribution in [0.4, 0.5) is 17.6 Å². The van der Waals surface area contributed by atoms with E-state index < -0.39 is 17.8 Å². The second kappa shape index (κ2) is 7.17. The molecule has 0 saturated heterocycles. The van der Waals surface area contributed by atoms with Gasteiger partial charge >= 0.3 is 6.18 Å². The van der Waals surface area contributed by atoms with E-state index in [0.29, 0.717) is 22.5 Å². The summed E-state index contributed by atoms with van der Waals surface area (Å²) in [5.41, 5.74) is 1.86. The van der Waals surface area contributed by atoms with Crippen molar-refractivity contribution in [2.45, 2.75) is 33.0 Å². The van der Waals surface area contributed by atoms with Crippen LogP contribution in [0.3, 0.4) is 0 Å². The predicted molar refractivity (Wildman–Crippen MR) is 91.8 cm³/mol. The standard InChI is InChI=1S/C18H17F4N5O/c1-10-14(8-15(28)26(3)9-12-5-4-6-13(19)7-12)11(2)27-17(23-10)24-16(25-27)18(20,21)22/h4-7H,8-9H2,1-3H3. The topological polar surface area (TPSA) is 63.4 Å². The van der Waals surface area contributed by atoms with Gasteiger partial charge in [-0.25, -0.2) is 13.9 Å². The fraction of sp³-hybridized carbons (Fsp3) is 0.333. The molecule has 2 heterocycles. The van der Waals surface area contributed by atoms with Crippen LogP contribution in [-0.2, 0) is 23.9 Å². The van der Waals surface area contributed by atoms with Crippen LogP contribution in [-0.4, -0.2) is 37.4 Å². The summed E-state index contributed by atoms with van der Waals surface area (Å²) in [4.78, 5) is 21.5. The van der Waals surface area contributed by atoms with E-state index in [9.17, 15) is 22.4 Å². The Hall–Kier alpha value is -3.04. The minimum atomic E-state index is -4.69. The Morgan fingerprint density at radius 3 is 2.57 bits per heavy atom. The first-order valence-corrected chi connectivity index (χ1v) is 8.34. The van der Waals surface area contributed by atoms with Crippen LogP contribution in [0.5, 0.6) is 0 Å². The van der Waals surface area contributed by atoms with Gasteiger partial charge in [0.25, 0.3) is 11.6 Å². The first kappa shape index (κ1) is 19.7. The first-order valence-electron chi connectivity index (χ1n) is 8.34. The third-order valence-electron chi connectivity index (χ3n) is 4.37. The molecule has 0 aliphatic carbocycles. The molecule has 3 rings (SSSR count). The van der Waals surface area contributed by atoms with Gasteiger partial charge in [0, 0.05) is 30.5 Å². The van der Waals surface area contributed by atoms with Crippen molar-refractivity contribution >= 4 is 11.7 Å².